The van der Waals surface area contributed by atoms with E-state index in [0.29, 0.717) is 0 Å². The van der Waals surface area contributed by atoms with Gasteiger partial charge in [-0.25, -0.2) is 4.99 Å². The molecular weight excluding hydrogens is 643 g/mol. The molecule has 1 aliphatic heterocycles. The molecule has 9 rings (SSSR count). The van der Waals surface area contributed by atoms with Gasteiger partial charge in [-0.15, -0.1) is 0 Å². The van der Waals surface area contributed by atoms with Crippen LogP contribution >= 0.6 is 0 Å². The molecule has 0 radical (unpaired) electrons. The van der Waals surface area contributed by atoms with Gasteiger partial charge in [0.25, 0.3) is 0 Å². The fraction of sp³-hybridized carbons (Fsp3) is 0.140. The Labute approximate surface area is 312 Å². The molecule has 2 heterocycles. The van der Waals surface area contributed by atoms with Crippen molar-refractivity contribution in [2.24, 2.45) is 15.9 Å². The molecule has 2 atom stereocenters. The molecule has 0 N–H and O–H groups in total. The van der Waals surface area contributed by atoms with Crippen LogP contribution in [0.4, 0.5) is 0 Å². The summed E-state index contributed by atoms with van der Waals surface area (Å²) in [6.45, 7) is 6.40. The molecule has 53 heavy (non-hydrogen) atoms. The highest BCUT2D eigenvalue weighted by Gasteiger charge is 2.46. The molecule has 0 amide bonds. The molecule has 3 heteroatoms. The Morgan fingerprint density at radius 3 is 1.85 bits per heavy atom. The molecular formula is C50H41N3. The molecule has 2 unspecified atom stereocenters. The summed E-state index contributed by atoms with van der Waals surface area (Å²) < 4.78 is 0. The van der Waals surface area contributed by atoms with Gasteiger partial charge in [-0.1, -0.05) is 159 Å². The number of aromatic nitrogens is 1. The molecule has 0 bridgehead atoms. The standard InChI is InChI=1S/C50H41N3/c1-4-41-47(35-17-8-5-9-18-35)52-49(53-48(41)37-20-16-19-36(31-37)42-29-27-33(2)51-34(42)3)38-28-30-44-43-25-14-15-26-45(43)50(46(44)32-38,39-21-10-6-11-22-39)40-23-12-7-13-24-40/h5-32,41,48H,4H2,1-3H3. The van der Waals surface area contributed by atoms with Crippen molar-refractivity contribution in [2.45, 2.75) is 38.6 Å². The molecule has 0 saturated heterocycles. The summed E-state index contributed by atoms with van der Waals surface area (Å²) in [6.07, 6.45) is 0.912. The fourth-order valence-corrected chi connectivity index (χ4v) is 8.81. The van der Waals surface area contributed by atoms with Gasteiger partial charge < -0.3 is 0 Å². The van der Waals surface area contributed by atoms with Crippen molar-refractivity contribution < 1.29 is 0 Å². The minimum absolute atomic E-state index is 0.111. The second-order valence-electron chi connectivity index (χ2n) is 14.3. The van der Waals surface area contributed by atoms with E-state index in [9.17, 15) is 0 Å². The van der Waals surface area contributed by atoms with Gasteiger partial charge in [0.1, 0.15) is 0 Å². The van der Waals surface area contributed by atoms with Gasteiger partial charge in [0.15, 0.2) is 5.84 Å². The van der Waals surface area contributed by atoms with Crippen LogP contribution in [-0.2, 0) is 5.41 Å². The Morgan fingerprint density at radius 1 is 0.528 bits per heavy atom. The first-order valence-corrected chi connectivity index (χ1v) is 18.7. The highest BCUT2D eigenvalue weighted by molar-refractivity contribution is 6.15. The van der Waals surface area contributed by atoms with Crippen molar-refractivity contribution in [3.05, 3.63) is 220 Å². The first-order chi connectivity index (χ1) is 26.1. The molecule has 7 aromatic rings. The summed E-state index contributed by atoms with van der Waals surface area (Å²) in [6, 6.07) is 61.5. The number of aryl methyl sites for hydroxylation is 2. The molecule has 0 spiro atoms. The third-order valence-corrected chi connectivity index (χ3v) is 11.2. The van der Waals surface area contributed by atoms with Crippen molar-refractivity contribution in [3.63, 3.8) is 0 Å². The predicted octanol–water partition coefficient (Wildman–Crippen LogP) is 11.7. The van der Waals surface area contributed by atoms with Crippen LogP contribution in [0.3, 0.4) is 0 Å². The Balaban J connectivity index is 1.26. The third kappa shape index (κ3) is 5.47. The molecule has 256 valence electrons. The molecule has 3 nitrogen and oxygen atoms in total. The van der Waals surface area contributed by atoms with Gasteiger partial charge in [-0.3, -0.25) is 9.98 Å². The van der Waals surface area contributed by atoms with Gasteiger partial charge >= 0.3 is 0 Å². The average molecular weight is 684 g/mol. The second kappa shape index (κ2) is 13.4. The third-order valence-electron chi connectivity index (χ3n) is 11.2. The number of amidine groups is 1. The number of aliphatic imine (C=N–C) groups is 2. The predicted molar refractivity (Wildman–Crippen MR) is 219 cm³/mol. The second-order valence-corrected chi connectivity index (χ2v) is 14.3. The maximum absolute atomic E-state index is 5.60. The maximum Gasteiger partial charge on any atom is 0.155 e. The monoisotopic (exact) mass is 683 g/mol. The van der Waals surface area contributed by atoms with E-state index in [1.54, 1.807) is 0 Å². The van der Waals surface area contributed by atoms with E-state index in [1.165, 1.54) is 38.9 Å². The van der Waals surface area contributed by atoms with Gasteiger partial charge in [0.2, 0.25) is 0 Å². The summed E-state index contributed by atoms with van der Waals surface area (Å²) in [5.41, 5.74) is 15.9. The van der Waals surface area contributed by atoms with E-state index < -0.39 is 5.41 Å². The number of hydrogen-bond acceptors (Lipinski definition) is 3. The number of nitrogens with zero attached hydrogens (tertiary/aromatic N) is 3. The van der Waals surface area contributed by atoms with E-state index in [0.717, 1.165) is 51.6 Å². The number of rotatable bonds is 7. The van der Waals surface area contributed by atoms with Crippen LogP contribution in [0.2, 0.25) is 0 Å². The Morgan fingerprint density at radius 2 is 1.15 bits per heavy atom. The van der Waals surface area contributed by atoms with Crippen LogP contribution in [0, 0.1) is 19.8 Å². The molecule has 1 aromatic heterocycles. The normalized spacial score (nSPS) is 17.0. The highest BCUT2D eigenvalue weighted by atomic mass is 15.0. The van der Waals surface area contributed by atoms with Crippen LogP contribution in [-0.4, -0.2) is 16.5 Å². The zero-order valence-corrected chi connectivity index (χ0v) is 30.4. The quantitative estimate of drug-likeness (QED) is 0.165. The number of hydrogen-bond donors (Lipinski definition) is 0. The largest absolute Gasteiger partial charge is 0.258 e. The van der Waals surface area contributed by atoms with E-state index in [-0.39, 0.29) is 12.0 Å². The summed E-state index contributed by atoms with van der Waals surface area (Å²) in [5.74, 6) is 0.881. The van der Waals surface area contributed by atoms with Gasteiger partial charge in [0, 0.05) is 28.4 Å². The SMILES string of the molecule is CCC1C(c2ccccc2)=NC(c2ccc3c(c2)C(c2ccccc2)(c2ccccc2)c2ccccc2-3)=NC1c1cccc(-c2ccc(C)nc2C)c1. The van der Waals surface area contributed by atoms with E-state index >= 15 is 0 Å². The Hall–Kier alpha value is -6.19. The van der Waals surface area contributed by atoms with Crippen LogP contribution < -0.4 is 0 Å². The Bertz CT molecular complexity index is 2480. The first kappa shape index (κ1) is 32.7. The Kier molecular flexibility index (Phi) is 8.28. The molecule has 1 aliphatic carbocycles. The summed E-state index contributed by atoms with van der Waals surface area (Å²) in [7, 11) is 0. The van der Waals surface area contributed by atoms with Gasteiger partial charge in [-0.05, 0) is 88.5 Å². The zero-order valence-electron chi connectivity index (χ0n) is 30.4. The van der Waals surface area contributed by atoms with Crippen LogP contribution in [0.25, 0.3) is 22.3 Å². The lowest BCUT2D eigenvalue weighted by atomic mass is 9.67. The summed E-state index contributed by atoms with van der Waals surface area (Å²) >= 11 is 0. The lowest BCUT2D eigenvalue weighted by molar-refractivity contribution is 0.532. The molecule has 2 aliphatic rings. The minimum atomic E-state index is -0.495. The summed E-state index contributed by atoms with van der Waals surface area (Å²) in [5, 5.41) is 0. The molecule has 0 saturated carbocycles. The minimum Gasteiger partial charge on any atom is -0.258 e. The van der Waals surface area contributed by atoms with Gasteiger partial charge in [0.05, 0.1) is 17.2 Å². The lowest BCUT2D eigenvalue weighted by Gasteiger charge is -2.34. The van der Waals surface area contributed by atoms with E-state index in [2.05, 4.69) is 184 Å². The van der Waals surface area contributed by atoms with Gasteiger partial charge in [-0.2, -0.15) is 0 Å². The number of benzene rings is 6. The summed E-state index contributed by atoms with van der Waals surface area (Å²) in [4.78, 5) is 15.9. The first-order valence-electron chi connectivity index (χ1n) is 18.7. The van der Waals surface area contributed by atoms with E-state index in [4.69, 9.17) is 15.0 Å². The van der Waals surface area contributed by atoms with Crippen LogP contribution in [0.15, 0.2) is 180 Å². The molecule has 6 aromatic carbocycles. The van der Waals surface area contributed by atoms with Crippen LogP contribution in [0.5, 0.6) is 0 Å². The number of pyridine rings is 1. The maximum atomic E-state index is 5.60. The van der Waals surface area contributed by atoms with Crippen molar-refractivity contribution in [1.82, 2.24) is 4.98 Å². The average Bonchev–Trinajstić information content (AvgIpc) is 3.52. The fourth-order valence-electron chi connectivity index (χ4n) is 8.81. The van der Waals surface area contributed by atoms with Crippen LogP contribution in [0.1, 0.15) is 69.7 Å². The number of fused-ring (bicyclic) bond motifs is 3. The zero-order chi connectivity index (χ0) is 35.9. The highest BCUT2D eigenvalue weighted by Crippen LogP contribution is 2.56. The molecule has 0 fully saturated rings. The van der Waals surface area contributed by atoms with Crippen molar-refractivity contribution >= 4 is 11.5 Å². The van der Waals surface area contributed by atoms with Crippen molar-refractivity contribution in [3.8, 4) is 22.3 Å². The van der Waals surface area contributed by atoms with Crippen molar-refractivity contribution in [2.75, 3.05) is 0 Å². The van der Waals surface area contributed by atoms with E-state index in [1.807, 2.05) is 6.92 Å². The topological polar surface area (TPSA) is 37.6 Å². The van der Waals surface area contributed by atoms with Crippen molar-refractivity contribution in [1.29, 1.82) is 0 Å². The smallest absolute Gasteiger partial charge is 0.155 e. The lowest BCUT2D eigenvalue weighted by Crippen LogP contribution is -2.29.